The second-order valence-corrected chi connectivity index (χ2v) is 8.91. The summed E-state index contributed by atoms with van der Waals surface area (Å²) in [5, 5.41) is 2.79. The van der Waals surface area contributed by atoms with Gasteiger partial charge >= 0.3 is 0 Å². The van der Waals surface area contributed by atoms with Crippen LogP contribution >= 0.6 is 0 Å². The van der Waals surface area contributed by atoms with Crippen LogP contribution in [0.5, 0.6) is 11.5 Å². The number of carbonyl (C=O) groups is 1. The van der Waals surface area contributed by atoms with E-state index < -0.39 is 10.0 Å². The van der Waals surface area contributed by atoms with Crippen molar-refractivity contribution < 1.29 is 22.7 Å². The van der Waals surface area contributed by atoms with Crippen molar-refractivity contribution in [3.8, 4) is 11.5 Å². The van der Waals surface area contributed by atoms with Gasteiger partial charge in [0.1, 0.15) is 18.1 Å². The van der Waals surface area contributed by atoms with E-state index in [0.717, 1.165) is 5.56 Å². The molecular formula is C24H26N2O5S. The van der Waals surface area contributed by atoms with Gasteiger partial charge in [0.05, 0.1) is 24.2 Å². The zero-order valence-corrected chi connectivity index (χ0v) is 19.0. The minimum Gasteiger partial charge on any atom is -0.497 e. The van der Waals surface area contributed by atoms with Gasteiger partial charge in [-0.05, 0) is 61.9 Å². The third kappa shape index (κ3) is 6.01. The zero-order valence-electron chi connectivity index (χ0n) is 18.2. The van der Waals surface area contributed by atoms with Crippen molar-refractivity contribution in [2.24, 2.45) is 0 Å². The molecule has 0 saturated carbocycles. The Morgan fingerprint density at radius 1 is 0.938 bits per heavy atom. The molecule has 0 heterocycles. The number of aryl methyl sites for hydroxylation is 2. The summed E-state index contributed by atoms with van der Waals surface area (Å²) in [6.45, 7) is 4.25. The molecule has 0 atom stereocenters. The first-order valence-corrected chi connectivity index (χ1v) is 11.5. The van der Waals surface area contributed by atoms with Crippen LogP contribution in [-0.4, -0.2) is 34.6 Å². The smallest absolute Gasteiger partial charge is 0.261 e. The van der Waals surface area contributed by atoms with Crippen molar-refractivity contribution in [2.75, 3.05) is 25.0 Å². The molecule has 0 aliphatic heterocycles. The molecule has 0 bridgehead atoms. The summed E-state index contributed by atoms with van der Waals surface area (Å²) in [6.07, 6.45) is 0. The van der Waals surface area contributed by atoms with Crippen LogP contribution in [0.1, 0.15) is 21.5 Å². The topological polar surface area (TPSA) is 93.7 Å². The Hall–Kier alpha value is -3.52. The summed E-state index contributed by atoms with van der Waals surface area (Å²) in [5.41, 5.74) is 2.47. The monoisotopic (exact) mass is 454 g/mol. The molecule has 2 N–H and O–H groups in total. The number of hydrogen-bond acceptors (Lipinski definition) is 5. The number of anilines is 1. The first-order chi connectivity index (χ1) is 15.3. The van der Waals surface area contributed by atoms with Crippen molar-refractivity contribution in [1.82, 2.24) is 5.32 Å². The van der Waals surface area contributed by atoms with Crippen molar-refractivity contribution in [1.29, 1.82) is 0 Å². The van der Waals surface area contributed by atoms with E-state index in [9.17, 15) is 13.2 Å². The third-order valence-corrected chi connectivity index (χ3v) is 6.14. The molecule has 0 radical (unpaired) electrons. The lowest BCUT2D eigenvalue weighted by atomic mass is 10.1. The summed E-state index contributed by atoms with van der Waals surface area (Å²) >= 11 is 0. The van der Waals surface area contributed by atoms with E-state index in [1.807, 2.05) is 25.1 Å². The maximum atomic E-state index is 12.6. The number of sulfonamides is 1. The van der Waals surface area contributed by atoms with Gasteiger partial charge in [-0.3, -0.25) is 9.52 Å². The quantitative estimate of drug-likeness (QED) is 0.478. The molecule has 0 aromatic heterocycles. The van der Waals surface area contributed by atoms with Gasteiger partial charge in [0.25, 0.3) is 15.9 Å². The molecule has 3 aromatic rings. The molecule has 0 aliphatic carbocycles. The van der Waals surface area contributed by atoms with Crippen LogP contribution in [0.25, 0.3) is 0 Å². The SMILES string of the molecule is COc1cccc(OCCNC(=O)c2ccc(NS(=O)(=O)c3ccc(C)cc3)c(C)c2)c1. The summed E-state index contributed by atoms with van der Waals surface area (Å²) in [6, 6.07) is 18.6. The van der Waals surface area contributed by atoms with Crippen LogP contribution in [0.2, 0.25) is 0 Å². The highest BCUT2D eigenvalue weighted by atomic mass is 32.2. The average Bonchev–Trinajstić information content (AvgIpc) is 2.78. The molecule has 168 valence electrons. The fourth-order valence-corrected chi connectivity index (χ4v) is 4.10. The second-order valence-electron chi connectivity index (χ2n) is 7.23. The van der Waals surface area contributed by atoms with E-state index in [1.54, 1.807) is 62.6 Å². The predicted octanol–water partition coefficient (Wildman–Crippen LogP) is 3.92. The lowest BCUT2D eigenvalue weighted by Crippen LogP contribution is -2.28. The van der Waals surface area contributed by atoms with Crippen LogP contribution in [0.3, 0.4) is 0 Å². The highest BCUT2D eigenvalue weighted by molar-refractivity contribution is 7.92. The normalized spacial score (nSPS) is 11.0. The molecular weight excluding hydrogens is 428 g/mol. The minimum atomic E-state index is -3.71. The molecule has 0 fully saturated rings. The molecule has 32 heavy (non-hydrogen) atoms. The van der Waals surface area contributed by atoms with Gasteiger partial charge in [0, 0.05) is 11.6 Å². The Bertz CT molecular complexity index is 1190. The van der Waals surface area contributed by atoms with E-state index in [4.69, 9.17) is 9.47 Å². The molecule has 0 spiro atoms. The lowest BCUT2D eigenvalue weighted by molar-refractivity contribution is 0.0947. The first-order valence-electron chi connectivity index (χ1n) is 10.0. The Balaban J connectivity index is 1.56. The summed E-state index contributed by atoms with van der Waals surface area (Å²) in [4.78, 5) is 12.6. The maximum Gasteiger partial charge on any atom is 0.261 e. The largest absolute Gasteiger partial charge is 0.497 e. The Kier molecular flexibility index (Phi) is 7.37. The molecule has 7 nitrogen and oxygen atoms in total. The van der Waals surface area contributed by atoms with Gasteiger partial charge in [-0.15, -0.1) is 0 Å². The number of carbonyl (C=O) groups excluding carboxylic acids is 1. The maximum absolute atomic E-state index is 12.6. The van der Waals surface area contributed by atoms with Gasteiger partial charge in [-0.25, -0.2) is 8.42 Å². The number of ether oxygens (including phenoxy) is 2. The molecule has 1 amide bonds. The standard InChI is InChI=1S/C24H26N2O5S/c1-17-7-10-22(11-8-17)32(28,29)26-23-12-9-19(15-18(23)2)24(27)25-13-14-31-21-6-4-5-20(16-21)30-3/h4-12,15-16,26H,13-14H2,1-3H3,(H,25,27). The van der Waals surface area contributed by atoms with Gasteiger partial charge in [0.2, 0.25) is 0 Å². The van der Waals surface area contributed by atoms with Gasteiger partial charge in [-0.2, -0.15) is 0 Å². The van der Waals surface area contributed by atoms with Crippen molar-refractivity contribution in [2.45, 2.75) is 18.7 Å². The van der Waals surface area contributed by atoms with Crippen LogP contribution in [0.4, 0.5) is 5.69 Å². The lowest BCUT2D eigenvalue weighted by Gasteiger charge is -2.13. The van der Waals surface area contributed by atoms with Crippen LogP contribution in [0.15, 0.2) is 71.6 Å². The number of benzene rings is 3. The van der Waals surface area contributed by atoms with Crippen molar-refractivity contribution in [3.63, 3.8) is 0 Å². The number of methoxy groups -OCH3 is 1. The Morgan fingerprint density at radius 2 is 1.66 bits per heavy atom. The highest BCUT2D eigenvalue weighted by Gasteiger charge is 2.16. The highest BCUT2D eigenvalue weighted by Crippen LogP contribution is 2.21. The van der Waals surface area contributed by atoms with E-state index in [2.05, 4.69) is 10.0 Å². The fourth-order valence-electron chi connectivity index (χ4n) is 2.97. The van der Waals surface area contributed by atoms with Crippen LogP contribution < -0.4 is 19.5 Å². The average molecular weight is 455 g/mol. The van der Waals surface area contributed by atoms with Crippen LogP contribution in [0, 0.1) is 13.8 Å². The van der Waals surface area contributed by atoms with E-state index in [0.29, 0.717) is 41.5 Å². The first kappa shape index (κ1) is 23.1. The third-order valence-electron chi connectivity index (χ3n) is 4.76. The summed E-state index contributed by atoms with van der Waals surface area (Å²) in [5.74, 6) is 1.08. The number of hydrogen-bond donors (Lipinski definition) is 2. The molecule has 0 aliphatic rings. The van der Waals surface area contributed by atoms with Gasteiger partial charge in [0.15, 0.2) is 0 Å². The van der Waals surface area contributed by atoms with Crippen LogP contribution in [-0.2, 0) is 10.0 Å². The number of rotatable bonds is 9. The molecule has 0 unspecified atom stereocenters. The Morgan fingerprint density at radius 3 is 2.34 bits per heavy atom. The fraction of sp³-hybridized carbons (Fsp3) is 0.208. The van der Waals surface area contributed by atoms with E-state index in [-0.39, 0.29) is 10.8 Å². The zero-order chi connectivity index (χ0) is 23.1. The van der Waals surface area contributed by atoms with Gasteiger partial charge in [-0.1, -0.05) is 23.8 Å². The van der Waals surface area contributed by atoms with E-state index >= 15 is 0 Å². The van der Waals surface area contributed by atoms with Gasteiger partial charge < -0.3 is 14.8 Å². The minimum absolute atomic E-state index is 0.181. The summed E-state index contributed by atoms with van der Waals surface area (Å²) < 4.78 is 38.5. The van der Waals surface area contributed by atoms with Crippen molar-refractivity contribution >= 4 is 21.6 Å². The van der Waals surface area contributed by atoms with E-state index in [1.165, 1.54) is 0 Å². The molecule has 3 aromatic carbocycles. The molecule has 3 rings (SSSR count). The van der Waals surface area contributed by atoms with Crippen molar-refractivity contribution in [3.05, 3.63) is 83.4 Å². The number of amides is 1. The molecule has 0 saturated heterocycles. The summed E-state index contributed by atoms with van der Waals surface area (Å²) in [7, 11) is -2.13. The second kappa shape index (κ2) is 10.2. The predicted molar refractivity (Wildman–Crippen MR) is 124 cm³/mol. The molecule has 8 heteroatoms. The number of nitrogens with one attached hydrogen (secondary N) is 2. The Labute approximate surface area is 188 Å².